The normalized spacial score (nSPS) is 14.0. The number of carbonyl (C=O) groups is 1. The number of aliphatic carboxylic acids is 1. The highest BCUT2D eigenvalue weighted by Gasteiger charge is 2.13. The number of likely N-dealkylation sites (N-methyl/N-ethyl adjacent to an activating group) is 1. The van der Waals surface area contributed by atoms with Crippen LogP contribution in [0, 0.1) is 0 Å². The smallest absolute Gasteiger partial charge is 0.348 e. The van der Waals surface area contributed by atoms with E-state index < -0.39 is 12.2 Å². The second kappa shape index (κ2) is 2.64. The Morgan fingerprint density at radius 1 is 1.62 bits per heavy atom. The Hall–Kier alpha value is -0.610. The van der Waals surface area contributed by atoms with Crippen molar-refractivity contribution in [2.75, 3.05) is 14.1 Å². The molecule has 8 heavy (non-hydrogen) atoms. The van der Waals surface area contributed by atoms with Crippen LogP contribution in [-0.4, -0.2) is 41.4 Å². The fourth-order valence-electron chi connectivity index (χ4n) is 0.221. The lowest BCUT2D eigenvalue weighted by atomic mass is 10.5. The van der Waals surface area contributed by atoms with Gasteiger partial charge in [0.15, 0.2) is 0 Å². The van der Waals surface area contributed by atoms with E-state index in [1.54, 1.807) is 0 Å². The van der Waals surface area contributed by atoms with Crippen LogP contribution in [0.3, 0.4) is 0 Å². The molecule has 4 heteroatoms. The molecule has 48 valence electrons. The molecule has 4 nitrogen and oxygen atoms in total. The van der Waals surface area contributed by atoms with Crippen LogP contribution < -0.4 is 0 Å². The van der Waals surface area contributed by atoms with E-state index in [1.807, 2.05) is 0 Å². The minimum Gasteiger partial charge on any atom is -0.478 e. The molecular weight excluding hydrogens is 110 g/mol. The first-order valence-electron chi connectivity index (χ1n) is 2.13. The Morgan fingerprint density at radius 3 is 2.00 bits per heavy atom. The zero-order valence-corrected chi connectivity index (χ0v) is 4.83. The molecule has 0 bridgehead atoms. The van der Waals surface area contributed by atoms with Crippen LogP contribution in [0.1, 0.15) is 0 Å². The predicted octanol–water partition coefficient (Wildman–Crippen LogP) is -1.05. The third-order valence-corrected chi connectivity index (χ3v) is 0.710. The molecule has 0 aliphatic heterocycles. The molecule has 0 aliphatic carbocycles. The summed E-state index contributed by atoms with van der Waals surface area (Å²) in [4.78, 5) is 11.0. The zero-order chi connectivity index (χ0) is 6.73. The van der Waals surface area contributed by atoms with Crippen molar-refractivity contribution in [1.29, 1.82) is 0 Å². The van der Waals surface area contributed by atoms with Gasteiger partial charge < -0.3 is 10.2 Å². The lowest BCUT2D eigenvalue weighted by Crippen LogP contribution is -2.34. The van der Waals surface area contributed by atoms with Crippen molar-refractivity contribution in [2.45, 2.75) is 6.23 Å². The van der Waals surface area contributed by atoms with Crippen molar-refractivity contribution in [2.24, 2.45) is 0 Å². The summed E-state index contributed by atoms with van der Waals surface area (Å²) in [5.74, 6) is -1.23. The Balaban J connectivity index is 3.64. The molecule has 0 rings (SSSR count). The second-order valence-electron chi connectivity index (χ2n) is 1.68. The summed E-state index contributed by atoms with van der Waals surface area (Å²) in [7, 11) is 2.97. The number of nitrogens with zero attached hydrogens (tertiary/aromatic N) is 1. The number of aliphatic hydroxyl groups is 1. The average molecular weight is 119 g/mol. The number of hydrogen-bond acceptors (Lipinski definition) is 3. The minimum atomic E-state index is -1.38. The third kappa shape index (κ3) is 1.90. The Kier molecular flexibility index (Phi) is 2.44. The summed E-state index contributed by atoms with van der Waals surface area (Å²) >= 11 is 0. The van der Waals surface area contributed by atoms with E-state index >= 15 is 0 Å². The third-order valence-electron chi connectivity index (χ3n) is 0.710. The highest BCUT2D eigenvalue weighted by molar-refractivity contribution is 5.71. The van der Waals surface area contributed by atoms with E-state index in [9.17, 15) is 4.79 Å². The monoisotopic (exact) mass is 119 g/mol. The summed E-state index contributed by atoms with van der Waals surface area (Å²) in [6.45, 7) is 0. The van der Waals surface area contributed by atoms with Crippen LogP contribution in [0.2, 0.25) is 0 Å². The summed E-state index contributed by atoms with van der Waals surface area (Å²) < 4.78 is 0. The molecule has 0 fully saturated rings. The van der Waals surface area contributed by atoms with Crippen LogP contribution in [0.4, 0.5) is 0 Å². The van der Waals surface area contributed by atoms with Crippen molar-refractivity contribution in [1.82, 2.24) is 4.90 Å². The molecule has 2 N–H and O–H groups in total. The molecular formula is C4H9NO3. The van der Waals surface area contributed by atoms with Crippen molar-refractivity contribution in [3.8, 4) is 0 Å². The molecule has 0 saturated carbocycles. The number of rotatable bonds is 2. The van der Waals surface area contributed by atoms with Gasteiger partial charge in [-0.2, -0.15) is 0 Å². The largest absolute Gasteiger partial charge is 0.478 e. The topological polar surface area (TPSA) is 60.8 Å². The molecule has 0 amide bonds. The lowest BCUT2D eigenvalue weighted by molar-refractivity contribution is -0.154. The van der Waals surface area contributed by atoms with Crippen LogP contribution in [0.5, 0.6) is 0 Å². The first kappa shape index (κ1) is 7.39. The molecule has 0 aromatic heterocycles. The predicted molar refractivity (Wildman–Crippen MR) is 27.3 cm³/mol. The van der Waals surface area contributed by atoms with Gasteiger partial charge in [0, 0.05) is 0 Å². The number of hydrogen-bond donors (Lipinski definition) is 2. The molecule has 0 saturated heterocycles. The van der Waals surface area contributed by atoms with E-state index in [0.29, 0.717) is 0 Å². The van der Waals surface area contributed by atoms with Gasteiger partial charge in [0.2, 0.25) is 6.23 Å². The maximum atomic E-state index is 9.85. The van der Waals surface area contributed by atoms with Gasteiger partial charge in [-0.3, -0.25) is 4.90 Å². The molecule has 0 aromatic rings. The van der Waals surface area contributed by atoms with Crippen molar-refractivity contribution < 1.29 is 15.0 Å². The fraction of sp³-hybridized carbons (Fsp3) is 0.750. The molecule has 0 aliphatic rings. The second-order valence-corrected chi connectivity index (χ2v) is 1.68. The standard InChI is InChI=1S/C4H9NO3/c1-5(2)3(6)4(7)8/h3,6H,1-2H3,(H,7,8). The quantitative estimate of drug-likeness (QED) is 0.455. The molecule has 0 spiro atoms. The summed E-state index contributed by atoms with van der Waals surface area (Å²) in [5, 5.41) is 16.6. The van der Waals surface area contributed by atoms with Crippen molar-refractivity contribution >= 4 is 5.97 Å². The highest BCUT2D eigenvalue weighted by atomic mass is 16.4. The van der Waals surface area contributed by atoms with Gasteiger partial charge in [-0.25, -0.2) is 4.79 Å². The van der Waals surface area contributed by atoms with Crippen molar-refractivity contribution in [3.05, 3.63) is 0 Å². The van der Waals surface area contributed by atoms with E-state index in [4.69, 9.17) is 10.2 Å². The molecule has 0 heterocycles. The summed E-state index contributed by atoms with van der Waals surface area (Å²) in [6, 6.07) is 0. The van der Waals surface area contributed by atoms with Gasteiger partial charge in [-0.05, 0) is 14.1 Å². The van der Waals surface area contributed by atoms with E-state index in [2.05, 4.69) is 0 Å². The first-order chi connectivity index (χ1) is 3.55. The number of aliphatic hydroxyl groups excluding tert-OH is 1. The lowest BCUT2D eigenvalue weighted by Gasteiger charge is -2.12. The van der Waals surface area contributed by atoms with Crippen LogP contribution >= 0.6 is 0 Å². The zero-order valence-electron chi connectivity index (χ0n) is 4.83. The van der Waals surface area contributed by atoms with Crippen LogP contribution in [-0.2, 0) is 4.79 Å². The van der Waals surface area contributed by atoms with Gasteiger partial charge >= 0.3 is 5.97 Å². The SMILES string of the molecule is CN(C)C(O)C(=O)O. The number of carboxylic acids is 1. The van der Waals surface area contributed by atoms with Crippen molar-refractivity contribution in [3.63, 3.8) is 0 Å². The van der Waals surface area contributed by atoms with Gasteiger partial charge in [-0.15, -0.1) is 0 Å². The van der Waals surface area contributed by atoms with Gasteiger partial charge in [0.1, 0.15) is 0 Å². The maximum Gasteiger partial charge on any atom is 0.348 e. The van der Waals surface area contributed by atoms with Crippen LogP contribution in [0.15, 0.2) is 0 Å². The van der Waals surface area contributed by atoms with Gasteiger partial charge in [0.05, 0.1) is 0 Å². The molecule has 0 radical (unpaired) electrons. The highest BCUT2D eigenvalue weighted by Crippen LogP contribution is 1.84. The average Bonchev–Trinajstić information content (AvgIpc) is 1.64. The Bertz CT molecular complexity index is 91.3. The molecule has 1 unspecified atom stereocenters. The Labute approximate surface area is 47.3 Å². The van der Waals surface area contributed by atoms with E-state index in [-0.39, 0.29) is 0 Å². The van der Waals surface area contributed by atoms with E-state index in [1.165, 1.54) is 19.0 Å². The van der Waals surface area contributed by atoms with Crippen LogP contribution in [0.25, 0.3) is 0 Å². The van der Waals surface area contributed by atoms with E-state index in [0.717, 1.165) is 0 Å². The Morgan fingerprint density at radius 2 is 2.00 bits per heavy atom. The molecule has 1 atom stereocenters. The van der Waals surface area contributed by atoms with Gasteiger partial charge in [0.25, 0.3) is 0 Å². The fourth-order valence-corrected chi connectivity index (χ4v) is 0.221. The van der Waals surface area contributed by atoms with Gasteiger partial charge in [-0.1, -0.05) is 0 Å². The molecule has 0 aromatic carbocycles. The minimum absolute atomic E-state index is 1.20. The first-order valence-corrected chi connectivity index (χ1v) is 2.13. The number of carboxylic acid groups (broad SMARTS) is 1. The summed E-state index contributed by atoms with van der Waals surface area (Å²) in [6.07, 6.45) is -1.38. The summed E-state index contributed by atoms with van der Waals surface area (Å²) in [5.41, 5.74) is 0. The maximum absolute atomic E-state index is 9.85.